The number of alkyl halides is 3. The molecule has 0 radical (unpaired) electrons. The Morgan fingerprint density at radius 2 is 1.85 bits per heavy atom. The second-order valence-corrected chi connectivity index (χ2v) is 5.57. The molecule has 4 aromatic rings. The molecule has 27 heavy (non-hydrogen) atoms. The lowest BCUT2D eigenvalue weighted by atomic mass is 10.1. The summed E-state index contributed by atoms with van der Waals surface area (Å²) in [5, 5.41) is 14.5. The molecular weight excluding hydrogens is 363 g/mol. The van der Waals surface area contributed by atoms with Crippen molar-refractivity contribution in [3.8, 4) is 17.1 Å². The Bertz CT molecular complexity index is 1100. The summed E-state index contributed by atoms with van der Waals surface area (Å²) in [6.07, 6.45) is -3.19. The van der Waals surface area contributed by atoms with Crippen molar-refractivity contribution in [2.24, 2.45) is 0 Å². The predicted molar refractivity (Wildman–Crippen MR) is 88.0 cm³/mol. The normalized spacial score (nSPS) is 11.7. The van der Waals surface area contributed by atoms with Gasteiger partial charge in [0.15, 0.2) is 0 Å². The molecule has 0 aliphatic rings. The Kier molecular flexibility index (Phi) is 3.87. The van der Waals surface area contributed by atoms with Crippen LogP contribution in [0.25, 0.3) is 22.3 Å². The number of benzene rings is 2. The van der Waals surface area contributed by atoms with Crippen molar-refractivity contribution < 1.29 is 22.7 Å². The van der Waals surface area contributed by atoms with Gasteiger partial charge in [0.2, 0.25) is 5.82 Å². The van der Waals surface area contributed by atoms with Gasteiger partial charge in [0.05, 0.1) is 5.52 Å². The van der Waals surface area contributed by atoms with Crippen molar-refractivity contribution in [1.29, 1.82) is 0 Å². The van der Waals surface area contributed by atoms with Gasteiger partial charge in [-0.2, -0.15) is 5.21 Å². The van der Waals surface area contributed by atoms with E-state index < -0.39 is 6.36 Å². The minimum Gasteiger partial charge on any atom is -0.406 e. The van der Waals surface area contributed by atoms with E-state index in [-0.39, 0.29) is 17.2 Å². The van der Waals surface area contributed by atoms with Crippen LogP contribution in [0.4, 0.5) is 13.2 Å². The van der Waals surface area contributed by atoms with Gasteiger partial charge >= 0.3 is 6.36 Å². The number of nitrogens with one attached hydrogen (secondary N) is 1. The third kappa shape index (κ3) is 3.36. The highest BCUT2D eigenvalue weighted by Gasteiger charge is 2.31. The molecule has 7 nitrogen and oxygen atoms in total. The Morgan fingerprint density at radius 3 is 2.52 bits per heavy atom. The number of ether oxygens (including phenoxy) is 1. The van der Waals surface area contributed by atoms with Crippen molar-refractivity contribution in [2.45, 2.75) is 6.36 Å². The molecule has 2 aromatic heterocycles. The van der Waals surface area contributed by atoms with E-state index in [4.69, 9.17) is 0 Å². The van der Waals surface area contributed by atoms with Crippen molar-refractivity contribution >= 4 is 16.8 Å². The van der Waals surface area contributed by atoms with Gasteiger partial charge in [-0.25, -0.2) is 0 Å². The monoisotopic (exact) mass is 373 g/mol. The fourth-order valence-electron chi connectivity index (χ4n) is 2.68. The highest BCUT2D eigenvalue weighted by atomic mass is 19.4. The van der Waals surface area contributed by atoms with Gasteiger partial charge in [-0.3, -0.25) is 9.36 Å². The van der Waals surface area contributed by atoms with Crippen LogP contribution >= 0.6 is 0 Å². The molecule has 0 spiro atoms. The van der Waals surface area contributed by atoms with Crippen molar-refractivity contribution in [3.05, 3.63) is 60.3 Å². The molecule has 2 heterocycles. The second-order valence-electron chi connectivity index (χ2n) is 5.57. The van der Waals surface area contributed by atoms with Crippen molar-refractivity contribution in [3.63, 3.8) is 0 Å². The van der Waals surface area contributed by atoms with E-state index >= 15 is 0 Å². The average Bonchev–Trinajstić information content (AvgIpc) is 3.30. The zero-order valence-electron chi connectivity index (χ0n) is 13.4. The summed E-state index contributed by atoms with van der Waals surface area (Å²) in [5.41, 5.74) is 1.60. The van der Waals surface area contributed by atoms with Crippen molar-refractivity contribution in [1.82, 2.24) is 25.2 Å². The Labute approximate surface area is 149 Å². The molecule has 0 unspecified atom stereocenters. The lowest BCUT2D eigenvalue weighted by Gasteiger charge is -2.09. The maximum absolute atomic E-state index is 12.7. The smallest absolute Gasteiger partial charge is 0.406 e. The summed E-state index contributed by atoms with van der Waals surface area (Å²) < 4.78 is 41.9. The van der Waals surface area contributed by atoms with Gasteiger partial charge in [-0.05, 0) is 53.7 Å². The number of rotatable bonds is 3. The first-order valence-corrected chi connectivity index (χ1v) is 7.66. The van der Waals surface area contributed by atoms with E-state index in [9.17, 15) is 18.0 Å². The average molecular weight is 373 g/mol. The number of aromatic nitrogens is 5. The summed E-state index contributed by atoms with van der Waals surface area (Å²) in [7, 11) is 0. The summed E-state index contributed by atoms with van der Waals surface area (Å²) in [6, 6.07) is 11.8. The van der Waals surface area contributed by atoms with Gasteiger partial charge < -0.3 is 4.74 Å². The number of nitrogens with zero attached hydrogens (tertiary/aromatic N) is 4. The summed E-state index contributed by atoms with van der Waals surface area (Å²) in [5.74, 6) is -0.340. The summed E-state index contributed by atoms with van der Waals surface area (Å²) in [6.45, 7) is 0. The molecule has 0 aliphatic heterocycles. The maximum Gasteiger partial charge on any atom is 0.573 e. The molecule has 0 fully saturated rings. The molecule has 0 saturated carbocycles. The van der Waals surface area contributed by atoms with Gasteiger partial charge in [-0.1, -0.05) is 0 Å². The molecule has 0 bridgehead atoms. The van der Waals surface area contributed by atoms with Crippen LogP contribution in [-0.4, -0.2) is 37.5 Å². The fraction of sp³-hybridized carbons (Fsp3) is 0.0588. The van der Waals surface area contributed by atoms with Crippen LogP contribution in [0.15, 0.2) is 54.7 Å². The van der Waals surface area contributed by atoms with Crippen LogP contribution < -0.4 is 4.74 Å². The van der Waals surface area contributed by atoms with Crippen LogP contribution in [0.1, 0.15) is 10.4 Å². The molecule has 1 N–H and O–H groups in total. The molecule has 0 amide bonds. The van der Waals surface area contributed by atoms with E-state index in [1.54, 1.807) is 24.4 Å². The molecule has 4 rings (SSSR count). The number of tetrazole rings is 1. The highest BCUT2D eigenvalue weighted by Crippen LogP contribution is 2.25. The Balaban J connectivity index is 1.63. The first-order chi connectivity index (χ1) is 12.9. The van der Waals surface area contributed by atoms with Crippen LogP contribution in [0, 0.1) is 0 Å². The predicted octanol–water partition coefficient (Wildman–Crippen LogP) is 3.41. The standard InChI is InChI=1S/C17H10F3N5O2/c18-17(19,20)27-13-4-1-10(2-5-13)16(26)25-8-7-11-9-12(3-6-14(11)25)15-21-23-24-22-15/h1-9H,(H,21,22,23,24). The van der Waals surface area contributed by atoms with Crippen LogP contribution in [0.2, 0.25) is 0 Å². The maximum atomic E-state index is 12.7. The zero-order valence-corrected chi connectivity index (χ0v) is 13.4. The van der Waals surface area contributed by atoms with Crippen LogP contribution in [0.3, 0.4) is 0 Å². The van der Waals surface area contributed by atoms with E-state index in [0.717, 1.165) is 23.1 Å². The number of hydrogen-bond donors (Lipinski definition) is 1. The minimum absolute atomic E-state index is 0.226. The first kappa shape index (κ1) is 16.8. The lowest BCUT2D eigenvalue weighted by Crippen LogP contribution is -2.17. The van der Waals surface area contributed by atoms with Crippen molar-refractivity contribution in [2.75, 3.05) is 0 Å². The van der Waals surface area contributed by atoms with E-state index in [2.05, 4.69) is 25.4 Å². The number of carbonyl (C=O) groups is 1. The Hall–Kier alpha value is -3.69. The molecule has 10 heteroatoms. The first-order valence-electron chi connectivity index (χ1n) is 7.66. The largest absolute Gasteiger partial charge is 0.573 e. The van der Waals surface area contributed by atoms with Gasteiger partial charge in [-0.15, -0.1) is 23.4 Å². The van der Waals surface area contributed by atoms with E-state index in [0.29, 0.717) is 11.3 Å². The lowest BCUT2D eigenvalue weighted by molar-refractivity contribution is -0.274. The third-order valence-electron chi connectivity index (χ3n) is 3.85. The number of carbonyl (C=O) groups excluding carboxylic acids is 1. The summed E-state index contributed by atoms with van der Waals surface area (Å²) >= 11 is 0. The number of H-pyrrole nitrogens is 1. The number of hydrogen-bond acceptors (Lipinski definition) is 5. The molecule has 0 atom stereocenters. The van der Waals surface area contributed by atoms with Crippen LogP contribution in [0.5, 0.6) is 5.75 Å². The molecule has 2 aromatic carbocycles. The Morgan fingerprint density at radius 1 is 1.07 bits per heavy atom. The number of aromatic amines is 1. The third-order valence-corrected chi connectivity index (χ3v) is 3.85. The van der Waals surface area contributed by atoms with E-state index in [1.165, 1.54) is 16.7 Å². The van der Waals surface area contributed by atoms with Gasteiger partial charge in [0.1, 0.15) is 5.75 Å². The molecule has 0 aliphatic carbocycles. The van der Waals surface area contributed by atoms with Gasteiger partial charge in [0.25, 0.3) is 5.91 Å². The molecule has 0 saturated heterocycles. The summed E-state index contributed by atoms with van der Waals surface area (Å²) in [4.78, 5) is 12.7. The topological polar surface area (TPSA) is 85.7 Å². The number of halogens is 3. The zero-order chi connectivity index (χ0) is 19.0. The van der Waals surface area contributed by atoms with Crippen LogP contribution in [-0.2, 0) is 0 Å². The van der Waals surface area contributed by atoms with Gasteiger partial charge in [0, 0.05) is 22.7 Å². The minimum atomic E-state index is -4.78. The highest BCUT2D eigenvalue weighted by molar-refractivity contribution is 6.02. The number of fused-ring (bicyclic) bond motifs is 1. The fourth-order valence-corrected chi connectivity index (χ4v) is 2.68. The SMILES string of the molecule is O=C(c1ccc(OC(F)(F)F)cc1)n1ccc2cc(-c3nn[nH]n3)ccc21. The van der Waals surface area contributed by atoms with E-state index in [1.807, 2.05) is 6.07 Å². The quantitative estimate of drug-likeness (QED) is 0.595. The molecular formula is C17H10F3N5O2. The molecule has 136 valence electrons. The second kappa shape index (κ2) is 6.24.